The number of nitrogen functional groups attached to an aromatic ring is 1. The summed E-state index contributed by atoms with van der Waals surface area (Å²) < 4.78 is 15.2. The van der Waals surface area contributed by atoms with Crippen molar-refractivity contribution in [2.24, 2.45) is 4.36 Å². The van der Waals surface area contributed by atoms with Crippen molar-refractivity contribution in [3.8, 4) is 0 Å². The van der Waals surface area contributed by atoms with Gasteiger partial charge in [-0.05, 0) is 6.07 Å². The second-order valence-corrected chi connectivity index (χ2v) is 5.80. The zero-order chi connectivity index (χ0) is 10.1. The molecular weight excluding hydrogens is 210 g/mol. The van der Waals surface area contributed by atoms with Crippen molar-refractivity contribution in [2.75, 3.05) is 18.2 Å². The molecule has 2 N–H and O–H groups in total. The van der Waals surface area contributed by atoms with Gasteiger partial charge in [0.25, 0.3) is 0 Å². The van der Waals surface area contributed by atoms with E-state index in [2.05, 4.69) is 9.35 Å². The van der Waals surface area contributed by atoms with Crippen LogP contribution in [0.2, 0.25) is 5.02 Å². The minimum absolute atomic E-state index is 0.269. The molecule has 0 spiro atoms. The Labute approximate surface area is 82.3 Å². The molecule has 0 unspecified atom stereocenters. The summed E-state index contributed by atoms with van der Waals surface area (Å²) in [5, 5.41) is 0.316. The Hall–Kier alpha value is -0.810. The summed E-state index contributed by atoms with van der Waals surface area (Å²) in [6, 6.07) is 1.53. The zero-order valence-electron chi connectivity index (χ0n) is 7.32. The van der Waals surface area contributed by atoms with E-state index in [0.717, 1.165) is 0 Å². The maximum absolute atomic E-state index is 11.3. The van der Waals surface area contributed by atoms with Gasteiger partial charge >= 0.3 is 0 Å². The summed E-state index contributed by atoms with van der Waals surface area (Å²) in [4.78, 5) is 3.86. The molecule has 0 aliphatic rings. The summed E-state index contributed by atoms with van der Waals surface area (Å²) in [5.74, 6) is 0.269. The largest absolute Gasteiger partial charge is 0.397 e. The average Bonchev–Trinajstić information content (AvgIpc) is 1.93. The monoisotopic (exact) mass is 219 g/mol. The van der Waals surface area contributed by atoms with Gasteiger partial charge in [-0.15, -0.1) is 0 Å². The molecule has 0 atom stereocenters. The van der Waals surface area contributed by atoms with Crippen molar-refractivity contribution in [2.45, 2.75) is 0 Å². The Morgan fingerprint density at radius 2 is 2.23 bits per heavy atom. The third kappa shape index (κ3) is 3.20. The highest BCUT2D eigenvalue weighted by molar-refractivity contribution is 7.92. The lowest BCUT2D eigenvalue weighted by Crippen LogP contribution is -1.91. The van der Waals surface area contributed by atoms with Crippen molar-refractivity contribution in [1.29, 1.82) is 0 Å². The third-order valence-corrected chi connectivity index (χ3v) is 2.04. The first kappa shape index (κ1) is 10.3. The fourth-order valence-electron chi connectivity index (χ4n) is 0.721. The molecule has 0 aliphatic carbocycles. The lowest BCUT2D eigenvalue weighted by molar-refractivity contribution is 0.684. The molecule has 0 radical (unpaired) electrons. The second-order valence-electron chi connectivity index (χ2n) is 2.85. The van der Waals surface area contributed by atoms with Crippen LogP contribution in [0.5, 0.6) is 0 Å². The van der Waals surface area contributed by atoms with Crippen LogP contribution in [-0.4, -0.2) is 21.7 Å². The molecule has 0 aliphatic heterocycles. The number of halogens is 1. The van der Waals surface area contributed by atoms with E-state index in [9.17, 15) is 4.21 Å². The molecule has 0 saturated heterocycles. The fraction of sp³-hybridized carbons (Fsp3) is 0.286. The molecule has 1 heterocycles. The number of hydrogen-bond donors (Lipinski definition) is 1. The van der Waals surface area contributed by atoms with Gasteiger partial charge in [-0.3, -0.25) is 0 Å². The van der Waals surface area contributed by atoms with Crippen LogP contribution in [0.15, 0.2) is 16.6 Å². The van der Waals surface area contributed by atoms with Gasteiger partial charge in [-0.1, -0.05) is 11.6 Å². The van der Waals surface area contributed by atoms with Crippen molar-refractivity contribution < 1.29 is 4.21 Å². The predicted octanol–water partition coefficient (Wildman–Crippen LogP) is 1.68. The topological polar surface area (TPSA) is 68.3 Å². The summed E-state index contributed by atoms with van der Waals surface area (Å²) in [7, 11) is -2.23. The van der Waals surface area contributed by atoms with E-state index in [0.29, 0.717) is 10.7 Å². The summed E-state index contributed by atoms with van der Waals surface area (Å²) in [6.45, 7) is 0. The molecule has 6 heteroatoms. The van der Waals surface area contributed by atoms with E-state index in [1.807, 2.05) is 0 Å². The predicted molar refractivity (Wildman–Crippen MR) is 55.7 cm³/mol. The highest BCUT2D eigenvalue weighted by Crippen LogP contribution is 2.24. The van der Waals surface area contributed by atoms with E-state index in [-0.39, 0.29) is 5.82 Å². The fourth-order valence-corrected chi connectivity index (χ4v) is 1.55. The number of pyridine rings is 1. The molecule has 0 saturated carbocycles. The van der Waals surface area contributed by atoms with Gasteiger partial charge in [0.05, 0.1) is 16.9 Å². The number of hydrogen-bond acceptors (Lipinski definition) is 4. The molecule has 1 rings (SSSR count). The van der Waals surface area contributed by atoms with Crippen LogP contribution < -0.4 is 5.73 Å². The molecule has 13 heavy (non-hydrogen) atoms. The zero-order valence-corrected chi connectivity index (χ0v) is 8.89. The van der Waals surface area contributed by atoms with Crippen molar-refractivity contribution in [3.63, 3.8) is 0 Å². The lowest BCUT2D eigenvalue weighted by atomic mass is 10.4. The molecule has 4 nitrogen and oxygen atoms in total. The Morgan fingerprint density at radius 3 is 2.69 bits per heavy atom. The summed E-state index contributed by atoms with van der Waals surface area (Å²) in [5.41, 5.74) is 5.89. The molecule has 0 bridgehead atoms. The first-order chi connectivity index (χ1) is 5.88. The molecule has 1 aromatic heterocycles. The smallest absolute Gasteiger partial charge is 0.180 e. The lowest BCUT2D eigenvalue weighted by Gasteiger charge is -1.99. The number of nitrogens with two attached hydrogens (primary N) is 1. The van der Waals surface area contributed by atoms with Gasteiger partial charge in [0.2, 0.25) is 0 Å². The van der Waals surface area contributed by atoms with Gasteiger partial charge < -0.3 is 5.73 Å². The van der Waals surface area contributed by atoms with Crippen LogP contribution in [0.4, 0.5) is 11.5 Å². The van der Waals surface area contributed by atoms with Crippen LogP contribution in [0.25, 0.3) is 0 Å². The Kier molecular flexibility index (Phi) is 2.77. The number of rotatable bonds is 1. The maximum atomic E-state index is 11.3. The number of anilines is 1. The number of aromatic nitrogens is 1. The van der Waals surface area contributed by atoms with E-state index < -0.39 is 9.73 Å². The van der Waals surface area contributed by atoms with Crippen LogP contribution in [0.3, 0.4) is 0 Å². The minimum Gasteiger partial charge on any atom is -0.397 e. The van der Waals surface area contributed by atoms with Crippen molar-refractivity contribution in [3.05, 3.63) is 17.3 Å². The van der Waals surface area contributed by atoms with Crippen molar-refractivity contribution in [1.82, 2.24) is 4.98 Å². The SMILES string of the molecule is CS(C)(=O)=Nc1ncc(N)cc1Cl. The number of nitrogens with zero attached hydrogens (tertiary/aromatic N) is 2. The second kappa shape index (κ2) is 3.51. The van der Waals surface area contributed by atoms with Crippen LogP contribution in [0.1, 0.15) is 0 Å². The molecule has 0 aromatic carbocycles. The minimum atomic E-state index is -2.23. The Morgan fingerprint density at radius 1 is 1.62 bits per heavy atom. The highest BCUT2D eigenvalue weighted by Gasteiger charge is 2.02. The first-order valence-corrected chi connectivity index (χ1v) is 6.17. The molecule has 0 amide bonds. The molecular formula is C7H10ClN3OS. The third-order valence-electron chi connectivity index (χ3n) is 1.15. The van der Waals surface area contributed by atoms with E-state index >= 15 is 0 Å². The van der Waals surface area contributed by atoms with Crippen LogP contribution >= 0.6 is 11.6 Å². The van der Waals surface area contributed by atoms with Gasteiger partial charge in [0, 0.05) is 22.2 Å². The van der Waals surface area contributed by atoms with Gasteiger partial charge in [-0.25, -0.2) is 9.19 Å². The Balaban J connectivity index is 3.26. The van der Waals surface area contributed by atoms with Crippen LogP contribution in [-0.2, 0) is 9.73 Å². The normalized spacial score (nSPS) is 11.3. The molecule has 0 fully saturated rings. The highest BCUT2D eigenvalue weighted by atomic mass is 35.5. The van der Waals surface area contributed by atoms with Crippen molar-refractivity contribution >= 4 is 32.8 Å². The van der Waals surface area contributed by atoms with E-state index in [1.165, 1.54) is 24.8 Å². The standard InChI is InChI=1S/C7H10ClN3OS/c1-13(2,12)11-7-6(8)3-5(9)4-10-7/h3-4H,9H2,1-2H3. The average molecular weight is 220 g/mol. The first-order valence-electron chi connectivity index (χ1n) is 3.46. The van der Waals surface area contributed by atoms with Gasteiger partial charge in [-0.2, -0.15) is 4.36 Å². The quantitative estimate of drug-likeness (QED) is 0.781. The van der Waals surface area contributed by atoms with E-state index in [1.54, 1.807) is 0 Å². The van der Waals surface area contributed by atoms with E-state index in [4.69, 9.17) is 17.3 Å². The summed E-state index contributed by atoms with van der Waals surface area (Å²) >= 11 is 5.77. The Bertz CT molecular complexity index is 429. The van der Waals surface area contributed by atoms with Gasteiger partial charge in [0.1, 0.15) is 0 Å². The van der Waals surface area contributed by atoms with Crippen LogP contribution in [0, 0.1) is 0 Å². The summed E-state index contributed by atoms with van der Waals surface area (Å²) in [6.07, 6.45) is 4.46. The maximum Gasteiger partial charge on any atom is 0.180 e. The molecule has 1 aromatic rings. The van der Waals surface area contributed by atoms with Gasteiger partial charge in [0.15, 0.2) is 5.82 Å². The molecule has 72 valence electrons.